The van der Waals surface area contributed by atoms with E-state index in [9.17, 15) is 0 Å². The zero-order valence-electron chi connectivity index (χ0n) is 9.09. The number of hydrogen-bond acceptors (Lipinski definition) is 1. The summed E-state index contributed by atoms with van der Waals surface area (Å²) in [7, 11) is 0. The molecular formula is C11H22N2. The Morgan fingerprint density at radius 3 is 2.54 bits per heavy atom. The van der Waals surface area contributed by atoms with Crippen LogP contribution >= 0.6 is 0 Å². The monoisotopic (exact) mass is 182 g/mol. The Morgan fingerprint density at radius 2 is 2.08 bits per heavy atom. The third kappa shape index (κ3) is 2.71. The quantitative estimate of drug-likeness (QED) is 0.528. The average molecular weight is 182 g/mol. The van der Waals surface area contributed by atoms with Gasteiger partial charge in [-0.3, -0.25) is 4.99 Å². The van der Waals surface area contributed by atoms with Gasteiger partial charge in [0.05, 0.1) is 11.9 Å². The second-order valence-electron chi connectivity index (χ2n) is 4.35. The molecule has 1 aliphatic rings. The third-order valence-electron chi connectivity index (χ3n) is 3.26. The molecule has 1 fully saturated rings. The van der Waals surface area contributed by atoms with E-state index in [-0.39, 0.29) is 0 Å². The molecule has 3 atom stereocenters. The summed E-state index contributed by atoms with van der Waals surface area (Å²) in [6, 6.07) is 0.501. The predicted molar refractivity (Wildman–Crippen MR) is 57.9 cm³/mol. The van der Waals surface area contributed by atoms with Crippen molar-refractivity contribution in [3.63, 3.8) is 0 Å². The van der Waals surface area contributed by atoms with Crippen LogP contribution in [0.5, 0.6) is 0 Å². The zero-order valence-corrected chi connectivity index (χ0v) is 9.09. The van der Waals surface area contributed by atoms with Gasteiger partial charge in [-0.25, -0.2) is 0 Å². The standard InChI is InChI=1S/C11H22N2/c1-4-5-11(12)13-10-7-6-8(2)9(10)3/h8-10H,4-7H2,1-3H3,(H2,12,13). The summed E-state index contributed by atoms with van der Waals surface area (Å²) in [6.07, 6.45) is 4.60. The molecule has 1 rings (SSSR count). The Balaban J connectivity index is 2.49. The Hall–Kier alpha value is -0.530. The SMILES string of the molecule is CCCC(N)=NC1CCC(C)C1C. The van der Waals surface area contributed by atoms with Crippen molar-refractivity contribution < 1.29 is 0 Å². The number of hydrogen-bond donors (Lipinski definition) is 1. The number of rotatable bonds is 3. The lowest BCUT2D eigenvalue weighted by atomic mass is 9.98. The first-order valence-electron chi connectivity index (χ1n) is 5.47. The first kappa shape index (κ1) is 10.6. The van der Waals surface area contributed by atoms with Gasteiger partial charge in [0.1, 0.15) is 0 Å². The van der Waals surface area contributed by atoms with Crippen LogP contribution in [0.1, 0.15) is 46.5 Å². The molecular weight excluding hydrogens is 160 g/mol. The lowest BCUT2D eigenvalue weighted by molar-refractivity contribution is 0.423. The van der Waals surface area contributed by atoms with E-state index in [2.05, 4.69) is 25.8 Å². The van der Waals surface area contributed by atoms with Crippen molar-refractivity contribution in [2.75, 3.05) is 0 Å². The van der Waals surface area contributed by atoms with Crippen molar-refractivity contribution in [1.82, 2.24) is 0 Å². The lowest BCUT2D eigenvalue weighted by Crippen LogP contribution is -2.19. The summed E-state index contributed by atoms with van der Waals surface area (Å²) in [6.45, 7) is 6.75. The average Bonchev–Trinajstić information content (AvgIpc) is 2.37. The van der Waals surface area contributed by atoms with Crippen molar-refractivity contribution in [1.29, 1.82) is 0 Å². The van der Waals surface area contributed by atoms with E-state index in [4.69, 9.17) is 5.73 Å². The van der Waals surface area contributed by atoms with E-state index in [1.54, 1.807) is 0 Å². The topological polar surface area (TPSA) is 38.4 Å². The van der Waals surface area contributed by atoms with E-state index in [0.29, 0.717) is 6.04 Å². The van der Waals surface area contributed by atoms with Crippen molar-refractivity contribution in [3.05, 3.63) is 0 Å². The van der Waals surface area contributed by atoms with Crippen molar-refractivity contribution in [2.24, 2.45) is 22.6 Å². The molecule has 0 spiro atoms. The van der Waals surface area contributed by atoms with Crippen LogP contribution in [0.4, 0.5) is 0 Å². The van der Waals surface area contributed by atoms with Crippen LogP contribution in [0.25, 0.3) is 0 Å². The second kappa shape index (κ2) is 4.64. The van der Waals surface area contributed by atoms with E-state index in [1.165, 1.54) is 12.8 Å². The fraction of sp³-hybridized carbons (Fsp3) is 0.909. The van der Waals surface area contributed by atoms with Gasteiger partial charge in [0, 0.05) is 6.42 Å². The molecule has 0 aromatic carbocycles. The van der Waals surface area contributed by atoms with Gasteiger partial charge in [-0.2, -0.15) is 0 Å². The molecule has 0 saturated heterocycles. The van der Waals surface area contributed by atoms with Gasteiger partial charge in [0.2, 0.25) is 0 Å². The van der Waals surface area contributed by atoms with Gasteiger partial charge in [-0.1, -0.05) is 20.8 Å². The number of nitrogens with zero attached hydrogens (tertiary/aromatic N) is 1. The Bertz CT molecular complexity index is 187. The van der Waals surface area contributed by atoms with Crippen LogP contribution in [0.3, 0.4) is 0 Å². The van der Waals surface area contributed by atoms with E-state index < -0.39 is 0 Å². The van der Waals surface area contributed by atoms with Crippen LogP contribution < -0.4 is 5.73 Å². The van der Waals surface area contributed by atoms with Gasteiger partial charge in [0.25, 0.3) is 0 Å². The Kier molecular flexibility index (Phi) is 3.76. The first-order valence-corrected chi connectivity index (χ1v) is 5.47. The first-order chi connectivity index (χ1) is 6.15. The molecule has 2 heteroatoms. The summed E-state index contributed by atoms with van der Waals surface area (Å²) in [5.74, 6) is 2.40. The Morgan fingerprint density at radius 1 is 1.38 bits per heavy atom. The molecule has 1 saturated carbocycles. The molecule has 0 aromatic heterocycles. The van der Waals surface area contributed by atoms with Gasteiger partial charge in [-0.15, -0.1) is 0 Å². The molecule has 0 bridgehead atoms. The van der Waals surface area contributed by atoms with Gasteiger partial charge in [-0.05, 0) is 31.1 Å². The van der Waals surface area contributed by atoms with E-state index in [0.717, 1.165) is 30.5 Å². The van der Waals surface area contributed by atoms with E-state index in [1.807, 2.05) is 0 Å². The molecule has 0 amide bonds. The molecule has 0 radical (unpaired) electrons. The summed E-state index contributed by atoms with van der Waals surface area (Å²) < 4.78 is 0. The summed E-state index contributed by atoms with van der Waals surface area (Å²) in [5, 5.41) is 0. The highest BCUT2D eigenvalue weighted by Gasteiger charge is 2.29. The fourth-order valence-electron chi connectivity index (χ4n) is 2.05. The highest BCUT2D eigenvalue weighted by Crippen LogP contribution is 2.33. The van der Waals surface area contributed by atoms with Gasteiger partial charge in [0.15, 0.2) is 0 Å². The predicted octanol–water partition coefficient (Wildman–Crippen LogP) is 2.58. The molecule has 3 unspecified atom stereocenters. The van der Waals surface area contributed by atoms with Crippen LogP contribution in [-0.2, 0) is 0 Å². The summed E-state index contributed by atoms with van der Waals surface area (Å²) in [4.78, 5) is 4.59. The van der Waals surface area contributed by atoms with Crippen molar-refractivity contribution in [3.8, 4) is 0 Å². The summed E-state index contributed by atoms with van der Waals surface area (Å²) in [5.41, 5.74) is 5.82. The van der Waals surface area contributed by atoms with Gasteiger partial charge < -0.3 is 5.73 Å². The minimum atomic E-state index is 0.501. The molecule has 1 aliphatic carbocycles. The zero-order chi connectivity index (χ0) is 9.84. The molecule has 0 aliphatic heterocycles. The van der Waals surface area contributed by atoms with Crippen molar-refractivity contribution >= 4 is 5.84 Å². The van der Waals surface area contributed by atoms with Crippen LogP contribution in [0.2, 0.25) is 0 Å². The minimum absolute atomic E-state index is 0.501. The maximum atomic E-state index is 5.82. The highest BCUT2D eigenvalue weighted by molar-refractivity contribution is 5.80. The fourth-order valence-corrected chi connectivity index (χ4v) is 2.05. The van der Waals surface area contributed by atoms with Gasteiger partial charge >= 0.3 is 0 Å². The second-order valence-corrected chi connectivity index (χ2v) is 4.35. The minimum Gasteiger partial charge on any atom is -0.387 e. The third-order valence-corrected chi connectivity index (χ3v) is 3.26. The highest BCUT2D eigenvalue weighted by atomic mass is 14.9. The molecule has 13 heavy (non-hydrogen) atoms. The maximum absolute atomic E-state index is 5.82. The number of nitrogens with two attached hydrogens (primary N) is 1. The molecule has 2 nitrogen and oxygen atoms in total. The number of amidine groups is 1. The van der Waals surface area contributed by atoms with Crippen LogP contribution in [-0.4, -0.2) is 11.9 Å². The molecule has 0 heterocycles. The Labute approximate surface area is 81.6 Å². The normalized spacial score (nSPS) is 35.3. The lowest BCUT2D eigenvalue weighted by Gasteiger charge is -2.14. The molecule has 76 valence electrons. The molecule has 2 N–H and O–H groups in total. The van der Waals surface area contributed by atoms with E-state index >= 15 is 0 Å². The summed E-state index contributed by atoms with van der Waals surface area (Å²) >= 11 is 0. The maximum Gasteiger partial charge on any atom is 0.0940 e. The number of aliphatic imine (C=N–C) groups is 1. The molecule has 0 aromatic rings. The largest absolute Gasteiger partial charge is 0.387 e. The smallest absolute Gasteiger partial charge is 0.0940 e. The van der Waals surface area contributed by atoms with Crippen molar-refractivity contribution in [2.45, 2.75) is 52.5 Å². The van der Waals surface area contributed by atoms with Crippen LogP contribution in [0, 0.1) is 11.8 Å². The van der Waals surface area contributed by atoms with Crippen LogP contribution in [0.15, 0.2) is 4.99 Å².